The summed E-state index contributed by atoms with van der Waals surface area (Å²) < 4.78 is 0. The van der Waals surface area contributed by atoms with Crippen molar-refractivity contribution in [3.05, 3.63) is 0 Å². The summed E-state index contributed by atoms with van der Waals surface area (Å²) >= 11 is 0. The van der Waals surface area contributed by atoms with Crippen molar-refractivity contribution in [2.75, 3.05) is 13.1 Å². The third kappa shape index (κ3) is 4.43. The highest BCUT2D eigenvalue weighted by molar-refractivity contribution is 4.74. The molecule has 3 atom stereocenters. The summed E-state index contributed by atoms with van der Waals surface area (Å²) in [5, 5.41) is 12.5. The van der Waals surface area contributed by atoms with Gasteiger partial charge in [-0.05, 0) is 38.1 Å². The van der Waals surface area contributed by atoms with Crippen LogP contribution in [0.3, 0.4) is 0 Å². The first-order chi connectivity index (χ1) is 6.72. The van der Waals surface area contributed by atoms with Crippen molar-refractivity contribution >= 4 is 0 Å². The van der Waals surface area contributed by atoms with E-state index in [9.17, 15) is 0 Å². The Labute approximate surface area is 88.1 Å². The minimum atomic E-state index is -0.208. The van der Waals surface area contributed by atoms with E-state index in [4.69, 9.17) is 5.11 Å². The fourth-order valence-electron chi connectivity index (χ4n) is 2.45. The van der Waals surface area contributed by atoms with Gasteiger partial charge in [-0.25, -0.2) is 0 Å². The zero-order valence-corrected chi connectivity index (χ0v) is 9.63. The Bertz CT molecular complexity index is 147. The quantitative estimate of drug-likeness (QED) is 0.711. The van der Waals surface area contributed by atoms with Gasteiger partial charge in [0.1, 0.15) is 0 Å². The average Bonchev–Trinajstić information content (AvgIpc) is 2.18. The maximum Gasteiger partial charge on any atom is 0.0636 e. The van der Waals surface area contributed by atoms with Gasteiger partial charge in [0.25, 0.3) is 0 Å². The van der Waals surface area contributed by atoms with Gasteiger partial charge in [0.05, 0.1) is 6.10 Å². The standard InChI is InChI=1S/C12H25NO/c1-3-11-5-4-6-12(7-11)9-13-8-10(2)14/h10-14H,3-9H2,1-2H3/t10-,11?,12?/m0/s1. The molecule has 0 saturated heterocycles. The largest absolute Gasteiger partial charge is 0.392 e. The molecular formula is C12H25NO. The third-order valence-electron chi connectivity index (χ3n) is 3.34. The predicted octanol–water partition coefficient (Wildman–Crippen LogP) is 2.17. The Morgan fingerprint density at radius 2 is 2.07 bits per heavy atom. The fourth-order valence-corrected chi connectivity index (χ4v) is 2.45. The van der Waals surface area contributed by atoms with Crippen LogP contribution in [0.5, 0.6) is 0 Å². The van der Waals surface area contributed by atoms with Crippen LogP contribution < -0.4 is 5.32 Å². The Hall–Kier alpha value is -0.0800. The van der Waals surface area contributed by atoms with E-state index in [1.54, 1.807) is 0 Å². The van der Waals surface area contributed by atoms with Crippen LogP contribution >= 0.6 is 0 Å². The summed E-state index contributed by atoms with van der Waals surface area (Å²) in [6.07, 6.45) is 6.74. The van der Waals surface area contributed by atoms with E-state index >= 15 is 0 Å². The molecule has 84 valence electrons. The van der Waals surface area contributed by atoms with Crippen LogP contribution in [0, 0.1) is 11.8 Å². The molecule has 2 nitrogen and oxygen atoms in total. The molecule has 0 aromatic carbocycles. The molecule has 2 heteroatoms. The first kappa shape index (κ1) is 12.0. The summed E-state index contributed by atoms with van der Waals surface area (Å²) in [7, 11) is 0. The zero-order valence-electron chi connectivity index (χ0n) is 9.63. The SMILES string of the molecule is CCC1CCCC(CNC[C@H](C)O)C1. The Morgan fingerprint density at radius 3 is 2.71 bits per heavy atom. The van der Waals surface area contributed by atoms with Gasteiger partial charge in [-0.1, -0.05) is 26.2 Å². The maximum atomic E-state index is 9.12. The van der Waals surface area contributed by atoms with Crippen molar-refractivity contribution < 1.29 is 5.11 Å². The molecule has 1 fully saturated rings. The van der Waals surface area contributed by atoms with E-state index in [-0.39, 0.29) is 6.10 Å². The molecule has 0 amide bonds. The molecular weight excluding hydrogens is 174 g/mol. The number of hydrogen-bond donors (Lipinski definition) is 2. The number of aliphatic hydroxyl groups is 1. The molecule has 0 aromatic rings. The maximum absolute atomic E-state index is 9.12. The predicted molar refractivity (Wildman–Crippen MR) is 60.3 cm³/mol. The molecule has 2 unspecified atom stereocenters. The topological polar surface area (TPSA) is 32.3 Å². The number of hydrogen-bond acceptors (Lipinski definition) is 2. The van der Waals surface area contributed by atoms with Crippen molar-refractivity contribution in [2.24, 2.45) is 11.8 Å². The van der Waals surface area contributed by atoms with Crippen LogP contribution in [-0.4, -0.2) is 24.3 Å². The average molecular weight is 199 g/mol. The Morgan fingerprint density at radius 1 is 1.36 bits per heavy atom. The van der Waals surface area contributed by atoms with E-state index in [1.165, 1.54) is 32.1 Å². The number of nitrogens with one attached hydrogen (secondary N) is 1. The molecule has 0 heterocycles. The lowest BCUT2D eigenvalue weighted by molar-refractivity contribution is 0.183. The zero-order chi connectivity index (χ0) is 10.4. The summed E-state index contributed by atoms with van der Waals surface area (Å²) in [4.78, 5) is 0. The summed E-state index contributed by atoms with van der Waals surface area (Å²) in [5.41, 5.74) is 0. The van der Waals surface area contributed by atoms with Crippen LogP contribution in [0.15, 0.2) is 0 Å². The van der Waals surface area contributed by atoms with Crippen LogP contribution in [0.25, 0.3) is 0 Å². The number of rotatable bonds is 5. The van der Waals surface area contributed by atoms with Crippen molar-refractivity contribution in [1.82, 2.24) is 5.32 Å². The smallest absolute Gasteiger partial charge is 0.0636 e. The molecule has 1 saturated carbocycles. The molecule has 14 heavy (non-hydrogen) atoms. The third-order valence-corrected chi connectivity index (χ3v) is 3.34. The molecule has 1 aliphatic carbocycles. The van der Waals surface area contributed by atoms with Crippen LogP contribution in [0.4, 0.5) is 0 Å². The Balaban J connectivity index is 2.11. The molecule has 0 radical (unpaired) electrons. The highest BCUT2D eigenvalue weighted by Gasteiger charge is 2.20. The van der Waals surface area contributed by atoms with Gasteiger partial charge in [0.2, 0.25) is 0 Å². The first-order valence-electron chi connectivity index (χ1n) is 6.11. The molecule has 0 aromatic heterocycles. The molecule has 0 bridgehead atoms. The van der Waals surface area contributed by atoms with Crippen molar-refractivity contribution in [3.63, 3.8) is 0 Å². The highest BCUT2D eigenvalue weighted by atomic mass is 16.3. The molecule has 1 rings (SSSR count). The highest BCUT2D eigenvalue weighted by Crippen LogP contribution is 2.30. The lowest BCUT2D eigenvalue weighted by atomic mass is 9.80. The molecule has 2 N–H and O–H groups in total. The van der Waals surface area contributed by atoms with E-state index in [2.05, 4.69) is 12.2 Å². The van der Waals surface area contributed by atoms with Gasteiger partial charge in [-0.2, -0.15) is 0 Å². The fraction of sp³-hybridized carbons (Fsp3) is 1.00. The molecule has 1 aliphatic rings. The van der Waals surface area contributed by atoms with E-state index in [0.717, 1.165) is 24.9 Å². The minimum Gasteiger partial charge on any atom is -0.392 e. The summed E-state index contributed by atoms with van der Waals surface area (Å²) in [6.45, 7) is 5.98. The second-order valence-electron chi connectivity index (χ2n) is 4.81. The van der Waals surface area contributed by atoms with Crippen LogP contribution in [-0.2, 0) is 0 Å². The monoisotopic (exact) mass is 199 g/mol. The minimum absolute atomic E-state index is 0.208. The van der Waals surface area contributed by atoms with Gasteiger partial charge < -0.3 is 10.4 Å². The second kappa shape index (κ2) is 6.41. The van der Waals surface area contributed by atoms with Crippen LogP contribution in [0.1, 0.15) is 46.0 Å². The normalized spacial score (nSPS) is 30.2. The first-order valence-corrected chi connectivity index (χ1v) is 6.11. The lowest BCUT2D eigenvalue weighted by Crippen LogP contribution is -2.31. The van der Waals surface area contributed by atoms with Gasteiger partial charge in [-0.3, -0.25) is 0 Å². The van der Waals surface area contributed by atoms with E-state index in [1.807, 2.05) is 6.92 Å². The van der Waals surface area contributed by atoms with E-state index < -0.39 is 0 Å². The van der Waals surface area contributed by atoms with Gasteiger partial charge in [0, 0.05) is 6.54 Å². The molecule has 0 aliphatic heterocycles. The van der Waals surface area contributed by atoms with Gasteiger partial charge in [0.15, 0.2) is 0 Å². The Kier molecular flexibility index (Phi) is 5.49. The summed E-state index contributed by atoms with van der Waals surface area (Å²) in [6, 6.07) is 0. The van der Waals surface area contributed by atoms with Crippen molar-refractivity contribution in [2.45, 2.75) is 52.1 Å². The summed E-state index contributed by atoms with van der Waals surface area (Å²) in [5.74, 6) is 1.81. The van der Waals surface area contributed by atoms with E-state index in [0.29, 0.717) is 0 Å². The second-order valence-corrected chi connectivity index (χ2v) is 4.81. The number of aliphatic hydroxyl groups excluding tert-OH is 1. The molecule has 0 spiro atoms. The lowest BCUT2D eigenvalue weighted by Gasteiger charge is -2.28. The van der Waals surface area contributed by atoms with Crippen LogP contribution in [0.2, 0.25) is 0 Å². The van der Waals surface area contributed by atoms with Crippen molar-refractivity contribution in [1.29, 1.82) is 0 Å². The van der Waals surface area contributed by atoms with Gasteiger partial charge in [-0.15, -0.1) is 0 Å². The van der Waals surface area contributed by atoms with Crippen molar-refractivity contribution in [3.8, 4) is 0 Å². The van der Waals surface area contributed by atoms with Gasteiger partial charge >= 0.3 is 0 Å².